The summed E-state index contributed by atoms with van der Waals surface area (Å²) in [6.07, 6.45) is -4.75. The average molecular weight is 240 g/mol. The van der Waals surface area contributed by atoms with Gasteiger partial charge in [0.15, 0.2) is 5.92 Å². The molecule has 0 spiro atoms. The highest BCUT2D eigenvalue weighted by atomic mass is 19.4. The van der Waals surface area contributed by atoms with Crippen LogP contribution in [0.5, 0.6) is 0 Å². The van der Waals surface area contributed by atoms with Crippen molar-refractivity contribution in [2.24, 2.45) is 5.92 Å². The van der Waals surface area contributed by atoms with E-state index in [2.05, 4.69) is 9.47 Å². The number of esters is 1. The lowest BCUT2D eigenvalue weighted by atomic mass is 9.89. The molecule has 0 bridgehead atoms. The molecule has 0 aromatic heterocycles. The van der Waals surface area contributed by atoms with Crippen LogP contribution in [0.4, 0.5) is 13.2 Å². The van der Waals surface area contributed by atoms with Crippen molar-refractivity contribution in [3.8, 4) is 0 Å². The standard InChI is InChI=1S/C9H11F3O4/c1-3-15-7(14)6(5(2)13)8(4-16-8)9(10,11)12/h6H,3-4H2,1-2H3. The molecule has 1 rings (SSSR count). The van der Waals surface area contributed by atoms with Crippen LogP contribution in [-0.4, -0.2) is 36.7 Å². The predicted octanol–water partition coefficient (Wildman–Crippen LogP) is 1.09. The van der Waals surface area contributed by atoms with Crippen LogP contribution in [0, 0.1) is 5.92 Å². The van der Waals surface area contributed by atoms with Crippen molar-refractivity contribution in [3.05, 3.63) is 0 Å². The molecule has 7 heteroatoms. The summed E-state index contributed by atoms with van der Waals surface area (Å²) in [5.41, 5.74) is -2.68. The molecule has 0 amide bonds. The van der Waals surface area contributed by atoms with Crippen LogP contribution in [0.1, 0.15) is 13.8 Å². The molecule has 1 heterocycles. The van der Waals surface area contributed by atoms with Gasteiger partial charge in [-0.3, -0.25) is 9.59 Å². The molecule has 1 aliphatic heterocycles. The molecule has 4 nitrogen and oxygen atoms in total. The zero-order chi connectivity index (χ0) is 12.6. The number of hydrogen-bond acceptors (Lipinski definition) is 4. The van der Waals surface area contributed by atoms with Gasteiger partial charge in [-0.25, -0.2) is 0 Å². The number of Topliss-reactive ketones (excluding diaryl/α,β-unsaturated/α-hetero) is 1. The molecule has 0 aromatic rings. The Kier molecular flexibility index (Phi) is 3.27. The van der Waals surface area contributed by atoms with Crippen molar-refractivity contribution in [1.29, 1.82) is 0 Å². The summed E-state index contributed by atoms with van der Waals surface area (Å²) < 4.78 is 46.6. The largest absolute Gasteiger partial charge is 0.465 e. The van der Waals surface area contributed by atoms with Crippen LogP contribution in [0.2, 0.25) is 0 Å². The van der Waals surface area contributed by atoms with E-state index < -0.39 is 36.1 Å². The molecule has 1 saturated heterocycles. The molecular formula is C9H11F3O4. The van der Waals surface area contributed by atoms with Gasteiger partial charge in [-0.2, -0.15) is 13.2 Å². The smallest absolute Gasteiger partial charge is 0.421 e. The van der Waals surface area contributed by atoms with Gasteiger partial charge in [0, 0.05) is 0 Å². The molecule has 16 heavy (non-hydrogen) atoms. The maximum absolute atomic E-state index is 12.6. The minimum atomic E-state index is -4.75. The van der Waals surface area contributed by atoms with Crippen LogP contribution in [0.25, 0.3) is 0 Å². The van der Waals surface area contributed by atoms with Gasteiger partial charge in [-0.15, -0.1) is 0 Å². The van der Waals surface area contributed by atoms with E-state index in [1.165, 1.54) is 6.92 Å². The Hall–Kier alpha value is -1.11. The Morgan fingerprint density at radius 2 is 2.00 bits per heavy atom. The number of carbonyl (C=O) groups excluding carboxylic acids is 2. The number of halogens is 3. The molecule has 0 aliphatic carbocycles. The van der Waals surface area contributed by atoms with E-state index in [1.54, 1.807) is 0 Å². The van der Waals surface area contributed by atoms with Crippen LogP contribution in [0.15, 0.2) is 0 Å². The Morgan fingerprint density at radius 1 is 1.50 bits per heavy atom. The van der Waals surface area contributed by atoms with Gasteiger partial charge >= 0.3 is 12.1 Å². The normalized spacial score (nSPS) is 26.1. The molecule has 1 aliphatic rings. The van der Waals surface area contributed by atoms with E-state index >= 15 is 0 Å². The summed E-state index contributed by atoms with van der Waals surface area (Å²) in [6.45, 7) is 1.59. The summed E-state index contributed by atoms with van der Waals surface area (Å²) in [6, 6.07) is 0. The highest BCUT2D eigenvalue weighted by molar-refractivity contribution is 5.99. The average Bonchev–Trinajstić information content (AvgIpc) is 2.83. The fourth-order valence-corrected chi connectivity index (χ4v) is 1.48. The van der Waals surface area contributed by atoms with E-state index in [0.29, 0.717) is 0 Å². The lowest BCUT2D eigenvalue weighted by molar-refractivity contribution is -0.206. The van der Waals surface area contributed by atoms with Gasteiger partial charge in [-0.1, -0.05) is 0 Å². The number of ketones is 1. The highest BCUT2D eigenvalue weighted by Crippen LogP contribution is 2.49. The van der Waals surface area contributed by atoms with E-state index in [4.69, 9.17) is 0 Å². The third kappa shape index (κ3) is 2.04. The SMILES string of the molecule is CCOC(=O)C(C(C)=O)C1(C(F)(F)F)CO1. The van der Waals surface area contributed by atoms with E-state index in [0.717, 1.165) is 6.92 Å². The van der Waals surface area contributed by atoms with Gasteiger partial charge < -0.3 is 9.47 Å². The van der Waals surface area contributed by atoms with Crippen molar-refractivity contribution in [2.75, 3.05) is 13.2 Å². The molecule has 2 unspecified atom stereocenters. The van der Waals surface area contributed by atoms with Gasteiger partial charge in [0.1, 0.15) is 5.78 Å². The van der Waals surface area contributed by atoms with Crippen LogP contribution >= 0.6 is 0 Å². The fourth-order valence-electron chi connectivity index (χ4n) is 1.48. The number of alkyl halides is 3. The van der Waals surface area contributed by atoms with Crippen molar-refractivity contribution in [1.82, 2.24) is 0 Å². The predicted molar refractivity (Wildman–Crippen MR) is 45.5 cm³/mol. The first-order valence-corrected chi connectivity index (χ1v) is 4.64. The summed E-state index contributed by atoms with van der Waals surface area (Å²) in [4.78, 5) is 22.4. The Morgan fingerprint density at radius 3 is 2.25 bits per heavy atom. The Labute approximate surface area is 89.7 Å². The number of rotatable bonds is 4. The highest BCUT2D eigenvalue weighted by Gasteiger charge is 2.73. The number of carbonyl (C=O) groups is 2. The lowest BCUT2D eigenvalue weighted by Gasteiger charge is -2.22. The van der Waals surface area contributed by atoms with Crippen LogP contribution in [0.3, 0.4) is 0 Å². The number of ether oxygens (including phenoxy) is 2. The van der Waals surface area contributed by atoms with Crippen molar-refractivity contribution in [3.63, 3.8) is 0 Å². The quantitative estimate of drug-likeness (QED) is 0.419. The molecular weight excluding hydrogens is 229 g/mol. The molecule has 2 atom stereocenters. The molecule has 0 radical (unpaired) electrons. The Bertz CT molecular complexity index is 306. The molecule has 0 aromatic carbocycles. The lowest BCUT2D eigenvalue weighted by Crippen LogP contribution is -2.47. The molecule has 1 fully saturated rings. The van der Waals surface area contributed by atoms with Gasteiger partial charge in [0.2, 0.25) is 5.60 Å². The first-order chi connectivity index (χ1) is 7.26. The second-order valence-corrected chi connectivity index (χ2v) is 3.47. The third-order valence-corrected chi connectivity index (χ3v) is 2.33. The maximum Gasteiger partial charge on any atom is 0.421 e. The van der Waals surface area contributed by atoms with Gasteiger partial charge in [-0.05, 0) is 13.8 Å². The number of epoxide rings is 1. The minimum absolute atomic E-state index is 0.0868. The fraction of sp³-hybridized carbons (Fsp3) is 0.778. The molecule has 0 N–H and O–H groups in total. The van der Waals surface area contributed by atoms with Crippen molar-refractivity contribution >= 4 is 11.8 Å². The molecule has 92 valence electrons. The van der Waals surface area contributed by atoms with Crippen molar-refractivity contribution < 1.29 is 32.2 Å². The topological polar surface area (TPSA) is 55.9 Å². The summed E-state index contributed by atoms with van der Waals surface area (Å²) in [5, 5.41) is 0. The second-order valence-electron chi connectivity index (χ2n) is 3.47. The van der Waals surface area contributed by atoms with Crippen molar-refractivity contribution in [2.45, 2.75) is 25.6 Å². The first kappa shape index (κ1) is 13.0. The Balaban J connectivity index is 2.96. The van der Waals surface area contributed by atoms with Crippen LogP contribution < -0.4 is 0 Å². The van der Waals surface area contributed by atoms with Gasteiger partial charge in [0.25, 0.3) is 0 Å². The zero-order valence-corrected chi connectivity index (χ0v) is 8.76. The van der Waals surface area contributed by atoms with Gasteiger partial charge in [0.05, 0.1) is 13.2 Å². The summed E-state index contributed by atoms with van der Waals surface area (Å²) >= 11 is 0. The number of hydrogen-bond donors (Lipinski definition) is 0. The summed E-state index contributed by atoms with van der Waals surface area (Å²) in [5.74, 6) is -4.02. The maximum atomic E-state index is 12.6. The monoisotopic (exact) mass is 240 g/mol. The van der Waals surface area contributed by atoms with Crippen LogP contribution in [-0.2, 0) is 19.1 Å². The third-order valence-electron chi connectivity index (χ3n) is 2.33. The minimum Gasteiger partial charge on any atom is -0.465 e. The summed E-state index contributed by atoms with van der Waals surface area (Å²) in [7, 11) is 0. The van der Waals surface area contributed by atoms with E-state index in [1.807, 2.05) is 0 Å². The molecule has 0 saturated carbocycles. The first-order valence-electron chi connectivity index (χ1n) is 4.64. The van der Waals surface area contributed by atoms with E-state index in [-0.39, 0.29) is 6.61 Å². The second kappa shape index (κ2) is 4.04. The zero-order valence-electron chi connectivity index (χ0n) is 8.76. The van der Waals surface area contributed by atoms with E-state index in [9.17, 15) is 22.8 Å².